The average Bonchev–Trinajstić information content (AvgIpc) is 1.77. The molecule has 1 heterocycles. The lowest BCUT2D eigenvalue weighted by Gasteiger charge is -2.27. The molecule has 0 aromatic heterocycles. The van der Waals surface area contributed by atoms with Gasteiger partial charge in [-0.05, 0) is 7.05 Å². The summed E-state index contributed by atoms with van der Waals surface area (Å²) in [5.41, 5.74) is 0.0729. The normalized spacial score (nSPS) is 33.0. The van der Waals surface area contributed by atoms with Gasteiger partial charge >= 0.3 is 0 Å². The van der Waals surface area contributed by atoms with Gasteiger partial charge in [0.25, 0.3) is 0 Å². The molecule has 2 nitrogen and oxygen atoms in total. The van der Waals surface area contributed by atoms with Gasteiger partial charge in [0.15, 0.2) is 0 Å². The third-order valence-electron chi connectivity index (χ3n) is 1.29. The van der Waals surface area contributed by atoms with Crippen LogP contribution < -0.4 is 5.32 Å². The van der Waals surface area contributed by atoms with Crippen LogP contribution in [0.2, 0.25) is 0 Å². The predicted octanol–water partition coefficient (Wildman–Crippen LogP) is 0.248. The number of rotatable bonds is 0. The van der Waals surface area contributed by atoms with Crippen molar-refractivity contribution in [3.05, 3.63) is 6.54 Å². The Kier molecular flexibility index (Phi) is 2.11. The van der Waals surface area contributed by atoms with Crippen LogP contribution in [0.15, 0.2) is 0 Å². The molecule has 1 aliphatic rings. The number of halogens is 1. The molecule has 1 aliphatic heterocycles. The van der Waals surface area contributed by atoms with Crippen molar-refractivity contribution in [3.63, 3.8) is 0 Å². The van der Waals surface area contributed by atoms with Crippen molar-refractivity contribution in [2.75, 3.05) is 20.1 Å². The van der Waals surface area contributed by atoms with Crippen LogP contribution >= 0.6 is 11.6 Å². The van der Waals surface area contributed by atoms with Gasteiger partial charge in [0.05, 0.1) is 6.54 Å². The summed E-state index contributed by atoms with van der Waals surface area (Å²) >= 11 is 5.77. The van der Waals surface area contributed by atoms with Gasteiger partial charge in [0.2, 0.25) is 0 Å². The summed E-state index contributed by atoms with van der Waals surface area (Å²) in [6, 6.07) is 0. The first-order chi connectivity index (χ1) is 3.80. The Labute approximate surface area is 54.8 Å². The van der Waals surface area contributed by atoms with Crippen LogP contribution in [0.4, 0.5) is 0 Å². The van der Waals surface area contributed by atoms with Crippen molar-refractivity contribution < 1.29 is 0 Å². The van der Waals surface area contributed by atoms with Gasteiger partial charge in [-0.15, -0.1) is 11.6 Å². The first-order valence-electron chi connectivity index (χ1n) is 2.72. The van der Waals surface area contributed by atoms with Crippen molar-refractivity contribution in [3.8, 4) is 0 Å². The van der Waals surface area contributed by atoms with Crippen molar-refractivity contribution >= 4 is 11.6 Å². The monoisotopic (exact) mass is 133 g/mol. The minimum Gasteiger partial charge on any atom is -0.309 e. The molecule has 0 aromatic carbocycles. The highest BCUT2D eigenvalue weighted by Gasteiger charge is 2.14. The lowest BCUT2D eigenvalue weighted by molar-refractivity contribution is 0.290. The molecule has 1 rings (SSSR count). The Morgan fingerprint density at radius 2 is 2.62 bits per heavy atom. The highest BCUT2D eigenvalue weighted by atomic mass is 35.5. The quantitative estimate of drug-likeness (QED) is 0.377. The summed E-state index contributed by atoms with van der Waals surface area (Å²) in [6.45, 7) is 3.94. The van der Waals surface area contributed by atoms with Gasteiger partial charge in [0, 0.05) is 13.1 Å². The molecule has 0 amide bonds. The van der Waals surface area contributed by atoms with Gasteiger partial charge in [-0.3, -0.25) is 4.90 Å². The summed E-state index contributed by atoms with van der Waals surface area (Å²) in [4.78, 5) is 2.08. The molecule has 3 heteroatoms. The fraction of sp³-hybridized carbons (Fsp3) is 0.800. The molecule has 0 aliphatic carbocycles. The van der Waals surface area contributed by atoms with E-state index in [0.717, 1.165) is 13.1 Å². The molecule has 1 radical (unpaired) electrons. The van der Waals surface area contributed by atoms with Crippen molar-refractivity contribution in [2.45, 2.75) is 5.50 Å². The maximum absolute atomic E-state index is 5.77. The van der Waals surface area contributed by atoms with E-state index in [1.165, 1.54) is 0 Å². The lowest BCUT2D eigenvalue weighted by Crippen LogP contribution is -2.42. The van der Waals surface area contributed by atoms with Crippen LogP contribution in [0.5, 0.6) is 0 Å². The fourth-order valence-electron chi connectivity index (χ4n) is 0.672. The molecular formula is C5H10ClN2. The predicted molar refractivity (Wildman–Crippen MR) is 34.6 cm³/mol. The molecule has 1 N–H and O–H groups in total. The van der Waals surface area contributed by atoms with Gasteiger partial charge < -0.3 is 5.32 Å². The largest absolute Gasteiger partial charge is 0.309 e. The third-order valence-corrected chi connectivity index (χ3v) is 1.74. The summed E-state index contributed by atoms with van der Waals surface area (Å²) in [6.07, 6.45) is 0. The number of hydrogen-bond acceptors (Lipinski definition) is 2. The van der Waals surface area contributed by atoms with Crippen LogP contribution in [-0.4, -0.2) is 30.5 Å². The van der Waals surface area contributed by atoms with Crippen molar-refractivity contribution in [2.24, 2.45) is 0 Å². The fourth-order valence-corrected chi connectivity index (χ4v) is 0.859. The molecule has 0 aromatic rings. The van der Waals surface area contributed by atoms with Gasteiger partial charge in [-0.25, -0.2) is 0 Å². The van der Waals surface area contributed by atoms with Crippen LogP contribution in [0, 0.1) is 6.54 Å². The molecule has 1 saturated heterocycles. The zero-order valence-electron chi connectivity index (χ0n) is 4.89. The molecule has 0 bridgehead atoms. The maximum Gasteiger partial charge on any atom is 0.102 e. The number of hydrogen-bond donors (Lipinski definition) is 1. The molecule has 0 spiro atoms. The van der Waals surface area contributed by atoms with Crippen LogP contribution in [-0.2, 0) is 0 Å². The molecule has 1 fully saturated rings. The minimum absolute atomic E-state index is 0.0729. The Hall–Kier alpha value is 0.210. The number of alkyl halides is 1. The van der Waals surface area contributed by atoms with E-state index in [1.807, 2.05) is 13.6 Å². The summed E-state index contributed by atoms with van der Waals surface area (Å²) in [5, 5.41) is 3.07. The number of piperazine rings is 1. The standard InChI is InChI=1S/C5H10ClN2/c1-8-3-2-7-4-5(8)6/h4-5,7H,2-3H2,1H3. The Balaban J connectivity index is 2.28. The molecule has 8 heavy (non-hydrogen) atoms. The second-order valence-electron chi connectivity index (χ2n) is 1.97. The first kappa shape index (κ1) is 6.33. The number of nitrogens with one attached hydrogen (secondary N) is 1. The highest BCUT2D eigenvalue weighted by Crippen LogP contribution is 2.05. The smallest absolute Gasteiger partial charge is 0.102 e. The van der Waals surface area contributed by atoms with Crippen LogP contribution in [0.3, 0.4) is 0 Å². The molecule has 1 atom stereocenters. The number of likely N-dealkylation sites (N-methyl/N-ethyl adjacent to an activating group) is 1. The summed E-state index contributed by atoms with van der Waals surface area (Å²) in [7, 11) is 2.01. The second-order valence-corrected chi connectivity index (χ2v) is 2.42. The van der Waals surface area contributed by atoms with E-state index in [1.54, 1.807) is 0 Å². The molecular weight excluding hydrogens is 124 g/mol. The van der Waals surface area contributed by atoms with Crippen LogP contribution in [0.25, 0.3) is 0 Å². The van der Waals surface area contributed by atoms with E-state index < -0.39 is 0 Å². The van der Waals surface area contributed by atoms with E-state index >= 15 is 0 Å². The highest BCUT2D eigenvalue weighted by molar-refractivity contribution is 6.21. The SMILES string of the molecule is CN1CCN[CH]C1Cl. The lowest BCUT2D eigenvalue weighted by atomic mass is 10.4. The van der Waals surface area contributed by atoms with Crippen molar-refractivity contribution in [1.82, 2.24) is 10.2 Å². The van der Waals surface area contributed by atoms with E-state index in [0.29, 0.717) is 0 Å². The van der Waals surface area contributed by atoms with E-state index in [9.17, 15) is 0 Å². The van der Waals surface area contributed by atoms with Crippen LogP contribution in [0.1, 0.15) is 0 Å². The molecule has 47 valence electrons. The van der Waals surface area contributed by atoms with E-state index in [2.05, 4.69) is 10.2 Å². The Morgan fingerprint density at radius 3 is 3.00 bits per heavy atom. The topological polar surface area (TPSA) is 15.3 Å². The second kappa shape index (κ2) is 2.67. The summed E-state index contributed by atoms with van der Waals surface area (Å²) in [5.74, 6) is 0. The minimum atomic E-state index is 0.0729. The third kappa shape index (κ3) is 1.34. The van der Waals surface area contributed by atoms with Gasteiger partial charge in [-0.1, -0.05) is 0 Å². The van der Waals surface area contributed by atoms with E-state index in [4.69, 9.17) is 11.6 Å². The van der Waals surface area contributed by atoms with Gasteiger partial charge in [0.1, 0.15) is 5.50 Å². The average molecular weight is 134 g/mol. The molecule has 1 unspecified atom stereocenters. The zero-order chi connectivity index (χ0) is 5.98. The van der Waals surface area contributed by atoms with E-state index in [-0.39, 0.29) is 5.50 Å². The number of nitrogens with zero attached hydrogens (tertiary/aromatic N) is 1. The zero-order valence-corrected chi connectivity index (χ0v) is 5.65. The van der Waals surface area contributed by atoms with Gasteiger partial charge in [-0.2, -0.15) is 0 Å². The Morgan fingerprint density at radius 1 is 1.88 bits per heavy atom. The molecule has 0 saturated carbocycles. The Bertz CT molecular complexity index is 66.8. The summed E-state index contributed by atoms with van der Waals surface area (Å²) < 4.78 is 0. The first-order valence-corrected chi connectivity index (χ1v) is 3.15. The van der Waals surface area contributed by atoms with Crippen molar-refractivity contribution in [1.29, 1.82) is 0 Å². The maximum atomic E-state index is 5.77.